The van der Waals surface area contributed by atoms with Crippen LogP contribution in [0.4, 0.5) is 0 Å². The molecule has 0 bridgehead atoms. The highest BCUT2D eigenvalue weighted by atomic mass is 14.5. The summed E-state index contributed by atoms with van der Waals surface area (Å²) in [6.07, 6.45) is 17.8. The van der Waals surface area contributed by atoms with Crippen molar-refractivity contribution < 1.29 is 0 Å². The van der Waals surface area contributed by atoms with E-state index >= 15 is 0 Å². The van der Waals surface area contributed by atoms with Crippen molar-refractivity contribution in [2.45, 2.75) is 12.8 Å². The van der Waals surface area contributed by atoms with E-state index in [0.717, 1.165) is 18.6 Å². The average Bonchev–Trinajstić information content (AvgIpc) is 2.70. The molecular weight excluding hydrogens is 206 g/mol. The summed E-state index contributed by atoms with van der Waals surface area (Å²) in [5.74, 6) is 1.56. The van der Waals surface area contributed by atoms with Crippen molar-refractivity contribution >= 4 is 5.71 Å². The van der Waals surface area contributed by atoms with E-state index < -0.39 is 0 Å². The molecule has 1 nitrogen and oxygen atoms in total. The highest BCUT2D eigenvalue weighted by Crippen LogP contribution is 2.54. The first-order valence-corrected chi connectivity index (χ1v) is 6.39. The van der Waals surface area contributed by atoms with Gasteiger partial charge in [-0.2, -0.15) is 0 Å². The molecule has 1 saturated carbocycles. The van der Waals surface area contributed by atoms with Crippen molar-refractivity contribution in [3.63, 3.8) is 0 Å². The molecule has 3 atom stereocenters. The van der Waals surface area contributed by atoms with Crippen molar-refractivity contribution in [2.75, 3.05) is 0 Å². The van der Waals surface area contributed by atoms with Gasteiger partial charge in [0, 0.05) is 29.9 Å². The molecule has 0 aliphatic heterocycles. The van der Waals surface area contributed by atoms with Crippen LogP contribution in [0.3, 0.4) is 0 Å². The lowest BCUT2D eigenvalue weighted by atomic mass is 9.77. The van der Waals surface area contributed by atoms with Gasteiger partial charge in [0.15, 0.2) is 0 Å². The molecule has 4 aliphatic carbocycles. The maximum atomic E-state index is 8.11. The molecule has 0 aromatic carbocycles. The molecule has 0 saturated heterocycles. The monoisotopic (exact) mass is 221 g/mol. The Kier molecular flexibility index (Phi) is 1.77. The summed E-state index contributed by atoms with van der Waals surface area (Å²) < 4.78 is 0. The number of nitrogens with one attached hydrogen (secondary N) is 1. The lowest BCUT2D eigenvalue weighted by molar-refractivity contribution is 0.665. The van der Waals surface area contributed by atoms with Crippen LogP contribution < -0.4 is 0 Å². The van der Waals surface area contributed by atoms with Crippen LogP contribution in [0.25, 0.3) is 0 Å². The topological polar surface area (TPSA) is 23.9 Å². The summed E-state index contributed by atoms with van der Waals surface area (Å²) in [7, 11) is 0. The van der Waals surface area contributed by atoms with Gasteiger partial charge in [-0.05, 0) is 12.0 Å². The second-order valence-electron chi connectivity index (χ2n) is 5.24. The largest absolute Gasteiger partial charge is 0.305 e. The van der Waals surface area contributed by atoms with Crippen LogP contribution in [-0.2, 0) is 0 Å². The Bertz CT molecular complexity index is 554. The van der Waals surface area contributed by atoms with Crippen LogP contribution in [0.15, 0.2) is 59.3 Å². The standard InChI is InChI=1S/C16H15N/c17-15-9-8-13-11-5-2-1-4-10(11)12-6-3-7-14(15)16(12)13/h1-2,4-8,10-11,16-17H,3,9H2. The zero-order chi connectivity index (χ0) is 11.4. The Balaban J connectivity index is 1.93. The summed E-state index contributed by atoms with van der Waals surface area (Å²) >= 11 is 0. The highest BCUT2D eigenvalue weighted by molar-refractivity contribution is 6.02. The van der Waals surface area contributed by atoms with Crippen LogP contribution in [0, 0.1) is 23.2 Å². The number of fused-ring (bicyclic) bond motifs is 3. The van der Waals surface area contributed by atoms with Crippen molar-refractivity contribution in [1.82, 2.24) is 0 Å². The zero-order valence-electron chi connectivity index (χ0n) is 9.69. The van der Waals surface area contributed by atoms with E-state index in [4.69, 9.17) is 5.41 Å². The smallest absolute Gasteiger partial charge is 0.0389 e. The second kappa shape index (κ2) is 3.19. The molecule has 84 valence electrons. The van der Waals surface area contributed by atoms with Crippen molar-refractivity contribution in [2.24, 2.45) is 17.8 Å². The number of allylic oxidation sites excluding steroid dienone is 10. The summed E-state index contributed by atoms with van der Waals surface area (Å²) in [5.41, 5.74) is 5.21. The molecule has 0 aromatic heterocycles. The predicted octanol–water partition coefficient (Wildman–Crippen LogP) is 3.58. The van der Waals surface area contributed by atoms with Gasteiger partial charge in [-0.3, -0.25) is 0 Å². The van der Waals surface area contributed by atoms with Gasteiger partial charge < -0.3 is 5.41 Å². The molecule has 0 heterocycles. The maximum absolute atomic E-state index is 8.11. The van der Waals surface area contributed by atoms with E-state index in [0.29, 0.717) is 17.8 Å². The maximum Gasteiger partial charge on any atom is 0.0389 e. The first-order valence-electron chi connectivity index (χ1n) is 6.39. The molecule has 1 heteroatoms. The minimum atomic E-state index is 0.437. The molecule has 0 spiro atoms. The predicted molar refractivity (Wildman–Crippen MR) is 70.0 cm³/mol. The SMILES string of the molecule is N=C1CC=C2C3C1=CCC=C3C1C=CC=CC21. The molecule has 17 heavy (non-hydrogen) atoms. The summed E-state index contributed by atoms with van der Waals surface area (Å²) in [6, 6.07) is 0. The Morgan fingerprint density at radius 1 is 0.941 bits per heavy atom. The average molecular weight is 221 g/mol. The van der Waals surface area contributed by atoms with Crippen LogP contribution in [0.2, 0.25) is 0 Å². The fraction of sp³-hybridized carbons (Fsp3) is 0.312. The minimum absolute atomic E-state index is 0.437. The first-order chi connectivity index (χ1) is 8.36. The van der Waals surface area contributed by atoms with E-state index in [9.17, 15) is 0 Å². The van der Waals surface area contributed by atoms with Gasteiger partial charge in [-0.1, -0.05) is 53.7 Å². The molecule has 3 unspecified atom stereocenters. The Morgan fingerprint density at radius 2 is 1.65 bits per heavy atom. The first kappa shape index (κ1) is 9.41. The fourth-order valence-corrected chi connectivity index (χ4v) is 3.76. The molecule has 0 amide bonds. The number of hydrogen-bond donors (Lipinski definition) is 1. The fourth-order valence-electron chi connectivity index (χ4n) is 3.76. The van der Waals surface area contributed by atoms with E-state index in [-0.39, 0.29) is 0 Å². The van der Waals surface area contributed by atoms with Crippen molar-refractivity contribution in [3.05, 3.63) is 59.3 Å². The second-order valence-corrected chi connectivity index (χ2v) is 5.24. The lowest BCUT2D eigenvalue weighted by Crippen LogP contribution is -2.19. The third kappa shape index (κ3) is 1.12. The Morgan fingerprint density at radius 3 is 2.41 bits per heavy atom. The van der Waals surface area contributed by atoms with Gasteiger partial charge in [-0.15, -0.1) is 0 Å². The third-order valence-electron chi connectivity index (χ3n) is 4.46. The lowest BCUT2D eigenvalue weighted by Gasteiger charge is -2.27. The number of rotatable bonds is 0. The van der Waals surface area contributed by atoms with E-state index in [1.807, 2.05) is 0 Å². The summed E-state index contributed by atoms with van der Waals surface area (Å²) in [4.78, 5) is 0. The molecule has 0 radical (unpaired) electrons. The molecule has 4 rings (SSSR count). The van der Waals surface area contributed by atoms with E-state index in [2.05, 4.69) is 42.5 Å². The van der Waals surface area contributed by atoms with E-state index in [1.54, 1.807) is 11.1 Å². The van der Waals surface area contributed by atoms with Crippen LogP contribution >= 0.6 is 0 Å². The van der Waals surface area contributed by atoms with Gasteiger partial charge >= 0.3 is 0 Å². The van der Waals surface area contributed by atoms with Crippen LogP contribution in [0.5, 0.6) is 0 Å². The van der Waals surface area contributed by atoms with Gasteiger partial charge in [-0.25, -0.2) is 0 Å². The molecule has 1 N–H and O–H groups in total. The zero-order valence-corrected chi connectivity index (χ0v) is 9.69. The van der Waals surface area contributed by atoms with Crippen LogP contribution in [-0.4, -0.2) is 5.71 Å². The van der Waals surface area contributed by atoms with E-state index in [1.165, 1.54) is 5.57 Å². The minimum Gasteiger partial charge on any atom is -0.305 e. The number of hydrogen-bond acceptors (Lipinski definition) is 1. The normalized spacial score (nSPS) is 37.1. The molecule has 0 aromatic rings. The summed E-state index contributed by atoms with van der Waals surface area (Å²) in [5, 5.41) is 8.11. The molecular formula is C16H15N. The summed E-state index contributed by atoms with van der Waals surface area (Å²) in [6.45, 7) is 0. The Hall–Kier alpha value is -1.63. The van der Waals surface area contributed by atoms with Crippen molar-refractivity contribution in [3.8, 4) is 0 Å². The van der Waals surface area contributed by atoms with Gasteiger partial charge in [0.25, 0.3) is 0 Å². The molecule has 4 aliphatic rings. The quantitative estimate of drug-likeness (QED) is 0.604. The van der Waals surface area contributed by atoms with Crippen molar-refractivity contribution in [1.29, 1.82) is 5.41 Å². The van der Waals surface area contributed by atoms with Gasteiger partial charge in [0.1, 0.15) is 0 Å². The molecule has 1 fully saturated rings. The van der Waals surface area contributed by atoms with Gasteiger partial charge in [0.05, 0.1) is 0 Å². The third-order valence-corrected chi connectivity index (χ3v) is 4.46. The van der Waals surface area contributed by atoms with Crippen LogP contribution in [0.1, 0.15) is 12.8 Å². The van der Waals surface area contributed by atoms with Gasteiger partial charge in [0.2, 0.25) is 0 Å². The highest BCUT2D eigenvalue weighted by Gasteiger charge is 2.45. The Labute approximate surface area is 101 Å².